The van der Waals surface area contributed by atoms with Crippen molar-refractivity contribution in [2.45, 2.75) is 16.9 Å². The number of hydrogen-bond acceptors (Lipinski definition) is 7. The molecule has 0 aliphatic rings. The summed E-state index contributed by atoms with van der Waals surface area (Å²) in [4.78, 5) is 35.1. The smallest absolute Gasteiger partial charge is 0.283 e. The highest BCUT2D eigenvalue weighted by Crippen LogP contribution is 2.25. The Kier molecular flexibility index (Phi) is 4.77. The molecule has 0 unspecified atom stereocenters. The molecule has 0 radical (unpaired) electrons. The fourth-order valence-electron chi connectivity index (χ4n) is 2.08. The van der Waals surface area contributed by atoms with Crippen LogP contribution in [0.1, 0.15) is 0 Å². The minimum atomic E-state index is -0.585. The van der Waals surface area contributed by atoms with Crippen molar-refractivity contribution in [3.63, 3.8) is 0 Å². The van der Waals surface area contributed by atoms with Gasteiger partial charge in [-0.15, -0.1) is 6.58 Å². The highest BCUT2D eigenvalue weighted by Gasteiger charge is 2.14. The molecule has 10 heteroatoms. The van der Waals surface area contributed by atoms with E-state index in [0.29, 0.717) is 21.1 Å². The van der Waals surface area contributed by atoms with Crippen LogP contribution < -0.4 is 5.56 Å². The molecule has 25 heavy (non-hydrogen) atoms. The van der Waals surface area contributed by atoms with Crippen molar-refractivity contribution in [3.05, 3.63) is 68.7 Å². The van der Waals surface area contributed by atoms with Crippen molar-refractivity contribution >= 4 is 40.0 Å². The minimum Gasteiger partial charge on any atom is -0.283 e. The molecule has 2 heterocycles. The standard InChI is InChI=1S/C15H10ClN5O3S/c1-2-5-20-13(22)11-4-3-9(16)6-12(11)19-15(20)25-14-17-7-10(8-18-14)21(23)24/h2-4,6-8H,1,5H2. The topological polar surface area (TPSA) is 104 Å². The first-order chi connectivity index (χ1) is 12.0. The van der Waals surface area contributed by atoms with Gasteiger partial charge in [-0.05, 0) is 30.0 Å². The zero-order valence-corrected chi connectivity index (χ0v) is 14.2. The van der Waals surface area contributed by atoms with E-state index in [1.54, 1.807) is 24.3 Å². The predicted octanol–water partition coefficient (Wildman–Crippen LogP) is 3.09. The third-order valence-corrected chi connectivity index (χ3v) is 4.32. The summed E-state index contributed by atoms with van der Waals surface area (Å²) in [5.74, 6) is 0. The van der Waals surface area contributed by atoms with E-state index in [1.807, 2.05) is 0 Å². The van der Waals surface area contributed by atoms with Gasteiger partial charge in [-0.2, -0.15) is 0 Å². The maximum atomic E-state index is 12.7. The SMILES string of the molecule is C=CCn1c(Sc2ncc([N+](=O)[O-])cn2)nc2cc(Cl)ccc2c1=O. The Hall–Kier alpha value is -2.78. The number of allylic oxidation sites excluding steroid dienone is 1. The number of nitrogens with zero attached hydrogens (tertiary/aromatic N) is 5. The van der Waals surface area contributed by atoms with Crippen LogP contribution in [0.5, 0.6) is 0 Å². The van der Waals surface area contributed by atoms with Gasteiger partial charge in [-0.25, -0.2) is 15.0 Å². The summed E-state index contributed by atoms with van der Waals surface area (Å²) in [5, 5.41) is 12.1. The molecule has 3 rings (SSSR count). The molecule has 8 nitrogen and oxygen atoms in total. The zero-order chi connectivity index (χ0) is 18.0. The lowest BCUT2D eigenvalue weighted by molar-refractivity contribution is -0.385. The third-order valence-electron chi connectivity index (χ3n) is 3.20. The van der Waals surface area contributed by atoms with Crippen LogP contribution in [0.25, 0.3) is 10.9 Å². The van der Waals surface area contributed by atoms with E-state index in [-0.39, 0.29) is 22.9 Å². The van der Waals surface area contributed by atoms with Crippen LogP contribution in [-0.4, -0.2) is 24.4 Å². The molecule has 3 aromatic rings. The molecule has 2 aromatic heterocycles. The summed E-state index contributed by atoms with van der Waals surface area (Å²) < 4.78 is 1.43. The number of fused-ring (bicyclic) bond motifs is 1. The van der Waals surface area contributed by atoms with Crippen LogP contribution >= 0.6 is 23.4 Å². The van der Waals surface area contributed by atoms with Gasteiger partial charge in [0, 0.05) is 11.6 Å². The van der Waals surface area contributed by atoms with Gasteiger partial charge in [-0.3, -0.25) is 19.5 Å². The first-order valence-electron chi connectivity index (χ1n) is 6.95. The molecule has 0 aliphatic heterocycles. The maximum Gasteiger partial charge on any atom is 0.305 e. The normalized spacial score (nSPS) is 10.8. The quantitative estimate of drug-likeness (QED) is 0.292. The number of hydrogen-bond donors (Lipinski definition) is 0. The van der Waals surface area contributed by atoms with Gasteiger partial charge >= 0.3 is 5.69 Å². The van der Waals surface area contributed by atoms with E-state index in [9.17, 15) is 14.9 Å². The molecule has 0 saturated carbocycles. The Morgan fingerprint density at radius 3 is 2.72 bits per heavy atom. The molecule has 0 fully saturated rings. The second-order valence-corrected chi connectivity index (χ2v) is 6.21. The Morgan fingerprint density at radius 1 is 1.36 bits per heavy atom. The summed E-state index contributed by atoms with van der Waals surface area (Å²) in [5.41, 5.74) is -0.0145. The van der Waals surface area contributed by atoms with Crippen LogP contribution in [0, 0.1) is 10.1 Å². The number of aromatic nitrogens is 4. The van der Waals surface area contributed by atoms with Crippen molar-refractivity contribution in [2.24, 2.45) is 0 Å². The summed E-state index contributed by atoms with van der Waals surface area (Å²) in [7, 11) is 0. The van der Waals surface area contributed by atoms with Gasteiger partial charge in [0.05, 0.1) is 15.8 Å². The predicted molar refractivity (Wildman–Crippen MR) is 94.0 cm³/mol. The molecule has 0 N–H and O–H groups in total. The van der Waals surface area contributed by atoms with Crippen molar-refractivity contribution < 1.29 is 4.92 Å². The lowest BCUT2D eigenvalue weighted by atomic mass is 10.2. The fourth-order valence-corrected chi connectivity index (χ4v) is 3.03. The van der Waals surface area contributed by atoms with Crippen molar-refractivity contribution in [3.8, 4) is 0 Å². The summed E-state index contributed by atoms with van der Waals surface area (Å²) in [6.45, 7) is 3.90. The van der Waals surface area contributed by atoms with Crippen molar-refractivity contribution in [2.75, 3.05) is 0 Å². The third kappa shape index (κ3) is 3.52. The molecule has 126 valence electrons. The Bertz CT molecular complexity index is 1040. The number of halogens is 1. The molecular formula is C15H10ClN5O3S. The van der Waals surface area contributed by atoms with Gasteiger partial charge in [0.1, 0.15) is 12.4 Å². The van der Waals surface area contributed by atoms with Gasteiger partial charge < -0.3 is 0 Å². The van der Waals surface area contributed by atoms with Crippen LogP contribution in [0.2, 0.25) is 5.02 Å². The Labute approximate surface area is 150 Å². The van der Waals surface area contributed by atoms with Crippen LogP contribution in [0.3, 0.4) is 0 Å². The minimum absolute atomic E-state index is 0.217. The van der Waals surface area contributed by atoms with E-state index in [0.717, 1.165) is 24.2 Å². The van der Waals surface area contributed by atoms with E-state index >= 15 is 0 Å². The number of rotatable bonds is 5. The van der Waals surface area contributed by atoms with Crippen molar-refractivity contribution in [1.29, 1.82) is 0 Å². The molecular weight excluding hydrogens is 366 g/mol. The molecule has 0 bridgehead atoms. The maximum absolute atomic E-state index is 12.7. The van der Waals surface area contributed by atoms with E-state index in [1.165, 1.54) is 4.57 Å². The van der Waals surface area contributed by atoms with Gasteiger partial charge in [-0.1, -0.05) is 17.7 Å². The zero-order valence-electron chi connectivity index (χ0n) is 12.6. The largest absolute Gasteiger partial charge is 0.305 e. The monoisotopic (exact) mass is 375 g/mol. The summed E-state index contributed by atoms with van der Waals surface area (Å²) >= 11 is 7.00. The summed E-state index contributed by atoms with van der Waals surface area (Å²) in [6.07, 6.45) is 3.78. The molecule has 1 aromatic carbocycles. The number of nitro groups is 1. The first kappa shape index (κ1) is 17.1. The number of benzene rings is 1. The lowest BCUT2D eigenvalue weighted by Crippen LogP contribution is -2.22. The molecule has 0 atom stereocenters. The second-order valence-electron chi connectivity index (χ2n) is 4.84. The van der Waals surface area contributed by atoms with E-state index in [4.69, 9.17) is 11.6 Å². The second kappa shape index (κ2) is 6.99. The first-order valence-corrected chi connectivity index (χ1v) is 8.14. The molecule has 0 saturated heterocycles. The average molecular weight is 376 g/mol. The van der Waals surface area contributed by atoms with Crippen LogP contribution in [0.4, 0.5) is 5.69 Å². The molecule has 0 aliphatic carbocycles. The Morgan fingerprint density at radius 2 is 2.08 bits per heavy atom. The lowest BCUT2D eigenvalue weighted by Gasteiger charge is -2.10. The average Bonchev–Trinajstić information content (AvgIpc) is 2.58. The van der Waals surface area contributed by atoms with Crippen LogP contribution in [-0.2, 0) is 6.54 Å². The van der Waals surface area contributed by atoms with E-state index in [2.05, 4.69) is 21.5 Å². The van der Waals surface area contributed by atoms with Gasteiger partial charge in [0.15, 0.2) is 10.3 Å². The Balaban J connectivity index is 2.10. The fraction of sp³-hybridized carbons (Fsp3) is 0.0667. The van der Waals surface area contributed by atoms with Crippen LogP contribution in [0.15, 0.2) is 58.4 Å². The molecule has 0 amide bonds. The summed E-state index contributed by atoms with van der Waals surface area (Å²) in [6, 6.07) is 4.83. The molecule has 0 spiro atoms. The van der Waals surface area contributed by atoms with Gasteiger partial charge in [0.25, 0.3) is 5.56 Å². The highest BCUT2D eigenvalue weighted by atomic mass is 35.5. The highest BCUT2D eigenvalue weighted by molar-refractivity contribution is 7.99. The van der Waals surface area contributed by atoms with Crippen molar-refractivity contribution in [1.82, 2.24) is 19.5 Å². The van der Waals surface area contributed by atoms with Gasteiger partial charge in [0.2, 0.25) is 0 Å². The van der Waals surface area contributed by atoms with E-state index < -0.39 is 4.92 Å².